The standard InChI is InChI=1S/C13H13N3OS2/c1-9(19-13-15-5-6-18-13)12(17)16-11-4-2-3-10(7-11)8-14/h2-4,7,9H,5-6H2,1H3,(H,16,17)/t9-/m0/s1. The molecule has 1 aromatic carbocycles. The van der Waals surface area contributed by atoms with Gasteiger partial charge >= 0.3 is 0 Å². The van der Waals surface area contributed by atoms with Gasteiger partial charge in [-0.25, -0.2) is 0 Å². The number of nitrogens with zero attached hydrogens (tertiary/aromatic N) is 2. The molecule has 2 rings (SSSR count). The lowest BCUT2D eigenvalue weighted by Crippen LogP contribution is -2.23. The van der Waals surface area contributed by atoms with Gasteiger partial charge in [-0.1, -0.05) is 29.6 Å². The second kappa shape index (κ2) is 6.64. The van der Waals surface area contributed by atoms with Gasteiger partial charge in [0.2, 0.25) is 5.91 Å². The van der Waals surface area contributed by atoms with Gasteiger partial charge < -0.3 is 5.32 Å². The van der Waals surface area contributed by atoms with Crippen molar-refractivity contribution in [3.05, 3.63) is 29.8 Å². The summed E-state index contributed by atoms with van der Waals surface area (Å²) >= 11 is 3.17. The van der Waals surface area contributed by atoms with E-state index in [0.717, 1.165) is 16.7 Å². The minimum atomic E-state index is -0.199. The Bertz CT molecular complexity index is 551. The van der Waals surface area contributed by atoms with Gasteiger partial charge in [-0.05, 0) is 25.1 Å². The van der Waals surface area contributed by atoms with Gasteiger partial charge in [0.1, 0.15) is 4.38 Å². The normalized spacial score (nSPS) is 15.5. The Labute approximate surface area is 120 Å². The van der Waals surface area contributed by atoms with Crippen LogP contribution in [0.25, 0.3) is 0 Å². The summed E-state index contributed by atoms with van der Waals surface area (Å²) in [5.41, 5.74) is 1.19. The smallest absolute Gasteiger partial charge is 0.237 e. The van der Waals surface area contributed by atoms with Crippen molar-refractivity contribution in [3.63, 3.8) is 0 Å². The molecule has 1 aliphatic rings. The van der Waals surface area contributed by atoms with E-state index in [0.29, 0.717) is 11.3 Å². The van der Waals surface area contributed by atoms with Crippen molar-refractivity contribution in [2.75, 3.05) is 17.6 Å². The Kier molecular flexibility index (Phi) is 4.88. The number of nitriles is 1. The molecule has 0 spiro atoms. The van der Waals surface area contributed by atoms with Crippen molar-refractivity contribution in [2.45, 2.75) is 12.2 Å². The van der Waals surface area contributed by atoms with Crippen LogP contribution >= 0.6 is 23.5 Å². The van der Waals surface area contributed by atoms with Crippen molar-refractivity contribution >= 4 is 39.5 Å². The molecule has 0 fully saturated rings. The maximum Gasteiger partial charge on any atom is 0.237 e. The monoisotopic (exact) mass is 291 g/mol. The number of aliphatic imine (C=N–C) groups is 1. The first-order valence-corrected chi connectivity index (χ1v) is 7.70. The van der Waals surface area contributed by atoms with E-state index in [4.69, 9.17) is 5.26 Å². The molecule has 98 valence electrons. The molecule has 0 aliphatic carbocycles. The fourth-order valence-electron chi connectivity index (χ4n) is 1.50. The first-order valence-electron chi connectivity index (χ1n) is 5.84. The molecule has 1 aliphatic heterocycles. The van der Waals surface area contributed by atoms with E-state index >= 15 is 0 Å². The van der Waals surface area contributed by atoms with Crippen LogP contribution in [-0.2, 0) is 4.79 Å². The number of nitrogens with one attached hydrogen (secondary N) is 1. The van der Waals surface area contributed by atoms with Crippen molar-refractivity contribution in [1.82, 2.24) is 0 Å². The molecule has 1 atom stereocenters. The molecule has 0 saturated carbocycles. The summed E-state index contributed by atoms with van der Waals surface area (Å²) in [7, 11) is 0. The predicted molar refractivity (Wildman–Crippen MR) is 81.6 cm³/mol. The molecule has 0 bridgehead atoms. The Morgan fingerprint density at radius 2 is 2.47 bits per heavy atom. The molecule has 1 heterocycles. The summed E-state index contributed by atoms with van der Waals surface area (Å²) in [5.74, 6) is 0.927. The highest BCUT2D eigenvalue weighted by Crippen LogP contribution is 2.26. The number of hydrogen-bond donors (Lipinski definition) is 1. The summed E-state index contributed by atoms with van der Waals surface area (Å²) in [6, 6.07) is 8.95. The molecule has 0 radical (unpaired) electrons. The zero-order valence-corrected chi connectivity index (χ0v) is 12.1. The van der Waals surface area contributed by atoms with Crippen LogP contribution < -0.4 is 5.32 Å². The van der Waals surface area contributed by atoms with Crippen LogP contribution in [0.2, 0.25) is 0 Å². The molecular weight excluding hydrogens is 278 g/mol. The highest BCUT2D eigenvalue weighted by atomic mass is 32.2. The highest BCUT2D eigenvalue weighted by Gasteiger charge is 2.18. The van der Waals surface area contributed by atoms with Gasteiger partial charge in [-0.2, -0.15) is 5.26 Å². The van der Waals surface area contributed by atoms with E-state index in [-0.39, 0.29) is 11.2 Å². The summed E-state index contributed by atoms with van der Waals surface area (Å²) in [4.78, 5) is 16.3. The minimum Gasteiger partial charge on any atom is -0.325 e. The summed E-state index contributed by atoms with van der Waals surface area (Å²) in [5, 5.41) is 11.4. The van der Waals surface area contributed by atoms with Gasteiger partial charge in [0.25, 0.3) is 0 Å². The molecule has 1 aromatic rings. The lowest BCUT2D eigenvalue weighted by Gasteiger charge is -2.11. The minimum absolute atomic E-state index is 0.0738. The molecule has 4 nitrogen and oxygen atoms in total. The summed E-state index contributed by atoms with van der Waals surface area (Å²) < 4.78 is 0.980. The van der Waals surface area contributed by atoms with Crippen LogP contribution in [0.3, 0.4) is 0 Å². The fraction of sp³-hybridized carbons (Fsp3) is 0.308. The van der Waals surface area contributed by atoms with E-state index in [1.807, 2.05) is 13.0 Å². The number of rotatable bonds is 3. The molecule has 1 N–H and O–H groups in total. The highest BCUT2D eigenvalue weighted by molar-refractivity contribution is 8.39. The SMILES string of the molecule is C[C@H](SC1=NCCS1)C(=O)Nc1cccc(C#N)c1. The number of carbonyl (C=O) groups excluding carboxylic acids is 1. The van der Waals surface area contributed by atoms with Crippen molar-refractivity contribution in [1.29, 1.82) is 5.26 Å². The largest absolute Gasteiger partial charge is 0.325 e. The topological polar surface area (TPSA) is 65.2 Å². The van der Waals surface area contributed by atoms with Crippen LogP contribution in [0.15, 0.2) is 29.3 Å². The zero-order valence-electron chi connectivity index (χ0n) is 10.4. The number of amides is 1. The third-order valence-electron chi connectivity index (χ3n) is 2.46. The first-order chi connectivity index (χ1) is 9.19. The molecule has 0 unspecified atom stereocenters. The lowest BCUT2D eigenvalue weighted by atomic mass is 10.2. The van der Waals surface area contributed by atoms with Gasteiger partial charge in [0.15, 0.2) is 0 Å². The van der Waals surface area contributed by atoms with E-state index in [1.54, 1.807) is 36.0 Å². The number of anilines is 1. The number of carbonyl (C=O) groups is 1. The van der Waals surface area contributed by atoms with E-state index in [1.165, 1.54) is 11.8 Å². The first kappa shape index (κ1) is 14.0. The van der Waals surface area contributed by atoms with Crippen LogP contribution in [0.4, 0.5) is 5.69 Å². The summed E-state index contributed by atoms with van der Waals surface area (Å²) in [6.07, 6.45) is 0. The van der Waals surface area contributed by atoms with Gasteiger partial charge in [-0.15, -0.1) is 0 Å². The Hall–Kier alpha value is -1.45. The molecule has 1 amide bonds. The van der Waals surface area contributed by atoms with Crippen molar-refractivity contribution < 1.29 is 4.79 Å². The molecule has 19 heavy (non-hydrogen) atoms. The maximum atomic E-state index is 12.0. The van der Waals surface area contributed by atoms with Crippen molar-refractivity contribution in [3.8, 4) is 6.07 Å². The quantitative estimate of drug-likeness (QED) is 0.930. The zero-order chi connectivity index (χ0) is 13.7. The summed E-state index contributed by atoms with van der Waals surface area (Å²) in [6.45, 7) is 2.70. The fourth-order valence-corrected chi connectivity index (χ4v) is 3.63. The number of hydrogen-bond acceptors (Lipinski definition) is 5. The van der Waals surface area contributed by atoms with Crippen LogP contribution in [0, 0.1) is 11.3 Å². The molecule has 6 heteroatoms. The van der Waals surface area contributed by atoms with Crippen molar-refractivity contribution in [2.24, 2.45) is 4.99 Å². The van der Waals surface area contributed by atoms with Crippen LogP contribution in [0.1, 0.15) is 12.5 Å². The third kappa shape index (κ3) is 4.01. The van der Waals surface area contributed by atoms with E-state index in [9.17, 15) is 4.79 Å². The number of benzene rings is 1. The lowest BCUT2D eigenvalue weighted by molar-refractivity contribution is -0.115. The van der Waals surface area contributed by atoms with Gasteiger partial charge in [-0.3, -0.25) is 9.79 Å². The molecular formula is C13H13N3OS2. The Morgan fingerprint density at radius 3 is 3.16 bits per heavy atom. The van der Waals surface area contributed by atoms with Gasteiger partial charge in [0.05, 0.1) is 23.4 Å². The Balaban J connectivity index is 1.94. The molecule has 0 aromatic heterocycles. The molecule has 0 saturated heterocycles. The third-order valence-corrected chi connectivity index (χ3v) is 4.77. The Morgan fingerprint density at radius 1 is 1.63 bits per heavy atom. The van der Waals surface area contributed by atoms with E-state index in [2.05, 4.69) is 10.3 Å². The van der Waals surface area contributed by atoms with Gasteiger partial charge in [0, 0.05) is 11.4 Å². The average Bonchev–Trinajstić information content (AvgIpc) is 2.91. The second-order valence-electron chi connectivity index (χ2n) is 3.94. The van der Waals surface area contributed by atoms with Crippen LogP contribution in [-0.4, -0.2) is 27.8 Å². The maximum absolute atomic E-state index is 12.0. The van der Waals surface area contributed by atoms with E-state index < -0.39 is 0 Å². The average molecular weight is 291 g/mol. The predicted octanol–water partition coefficient (Wildman–Crippen LogP) is 2.72. The number of thioether (sulfide) groups is 2. The van der Waals surface area contributed by atoms with Crippen LogP contribution in [0.5, 0.6) is 0 Å². The second-order valence-corrected chi connectivity index (χ2v) is 6.61.